The minimum absolute atomic E-state index is 0.0428. The largest absolute Gasteiger partial charge is 0.494 e. The molecule has 30 heavy (non-hydrogen) atoms. The smallest absolute Gasteiger partial charge is 0.255 e. The molecule has 0 saturated carbocycles. The van der Waals surface area contributed by atoms with Crippen LogP contribution in [0.25, 0.3) is 0 Å². The Hall–Kier alpha value is -1.94. The number of fused-ring (bicyclic) bond motifs is 1. The summed E-state index contributed by atoms with van der Waals surface area (Å²) in [4.78, 5) is 15.0. The molecule has 1 heterocycles. The highest BCUT2D eigenvalue weighted by atomic mass is 79.9. The third-order valence-electron chi connectivity index (χ3n) is 4.87. The molecule has 1 N–H and O–H groups in total. The van der Waals surface area contributed by atoms with Crippen molar-refractivity contribution in [1.29, 1.82) is 0 Å². The van der Waals surface area contributed by atoms with Gasteiger partial charge in [-0.2, -0.15) is 0 Å². The van der Waals surface area contributed by atoms with Crippen molar-refractivity contribution in [2.45, 2.75) is 24.8 Å². The lowest BCUT2D eigenvalue weighted by molar-refractivity contribution is 0.0733. The fourth-order valence-corrected chi connectivity index (χ4v) is 4.79. The monoisotopic (exact) mass is 496 g/mol. The van der Waals surface area contributed by atoms with Gasteiger partial charge < -0.3 is 14.4 Å². The molecule has 0 bridgehead atoms. The van der Waals surface area contributed by atoms with Crippen molar-refractivity contribution in [2.24, 2.45) is 0 Å². The van der Waals surface area contributed by atoms with Crippen LogP contribution in [0.2, 0.25) is 0 Å². The van der Waals surface area contributed by atoms with Crippen molar-refractivity contribution in [3.8, 4) is 5.75 Å². The quantitative estimate of drug-likeness (QED) is 0.567. The number of methoxy groups -OCH3 is 1. The Morgan fingerprint density at radius 1 is 1.20 bits per heavy atom. The molecule has 0 unspecified atom stereocenters. The van der Waals surface area contributed by atoms with Crippen LogP contribution in [0.5, 0.6) is 5.75 Å². The molecule has 2 aromatic rings. The molecule has 7 nitrogen and oxygen atoms in total. The second-order valence-electron chi connectivity index (χ2n) is 6.87. The van der Waals surface area contributed by atoms with Crippen molar-refractivity contribution >= 4 is 31.9 Å². The average Bonchev–Trinajstić information content (AvgIpc) is 2.73. The highest BCUT2D eigenvalue weighted by Crippen LogP contribution is 2.28. The first-order valence-corrected chi connectivity index (χ1v) is 12.0. The Morgan fingerprint density at radius 2 is 2.00 bits per heavy atom. The molecule has 9 heteroatoms. The van der Waals surface area contributed by atoms with Gasteiger partial charge in [-0.3, -0.25) is 4.79 Å². The first-order valence-electron chi connectivity index (χ1n) is 9.67. The van der Waals surface area contributed by atoms with Crippen molar-refractivity contribution in [3.05, 3.63) is 57.6 Å². The molecule has 1 amide bonds. The van der Waals surface area contributed by atoms with Crippen LogP contribution in [0.15, 0.2) is 45.8 Å². The summed E-state index contributed by atoms with van der Waals surface area (Å²) in [5.74, 6) is 0.560. The number of carbonyl (C=O) groups excluding carboxylic acids is 1. The number of amides is 1. The van der Waals surface area contributed by atoms with Gasteiger partial charge in [0, 0.05) is 31.2 Å². The Labute approximate surface area is 185 Å². The van der Waals surface area contributed by atoms with Gasteiger partial charge in [-0.15, -0.1) is 0 Å². The van der Waals surface area contributed by atoms with E-state index in [-0.39, 0.29) is 24.0 Å². The Kier molecular flexibility index (Phi) is 7.51. The van der Waals surface area contributed by atoms with Crippen LogP contribution in [0.3, 0.4) is 0 Å². The lowest BCUT2D eigenvalue weighted by atomic mass is 9.99. The Morgan fingerprint density at radius 3 is 2.73 bits per heavy atom. The molecule has 0 radical (unpaired) electrons. The highest BCUT2D eigenvalue weighted by Gasteiger charge is 2.25. The number of hydrogen-bond acceptors (Lipinski definition) is 5. The van der Waals surface area contributed by atoms with E-state index in [1.165, 1.54) is 24.8 Å². The summed E-state index contributed by atoms with van der Waals surface area (Å²) in [6.07, 6.45) is 0.738. The van der Waals surface area contributed by atoms with Gasteiger partial charge >= 0.3 is 0 Å². The maximum absolute atomic E-state index is 13.2. The van der Waals surface area contributed by atoms with E-state index in [0.29, 0.717) is 29.7 Å². The van der Waals surface area contributed by atoms with Gasteiger partial charge in [0.15, 0.2) is 0 Å². The van der Waals surface area contributed by atoms with E-state index in [4.69, 9.17) is 9.47 Å². The predicted octanol–water partition coefficient (Wildman–Crippen LogP) is 2.97. The molecule has 0 aliphatic carbocycles. The highest BCUT2D eigenvalue weighted by molar-refractivity contribution is 9.10. The van der Waals surface area contributed by atoms with Gasteiger partial charge in [-0.25, -0.2) is 13.1 Å². The number of carbonyl (C=O) groups is 1. The van der Waals surface area contributed by atoms with Gasteiger partial charge in [0.05, 0.1) is 23.7 Å². The molecular weight excluding hydrogens is 472 g/mol. The molecule has 162 valence electrons. The Balaban J connectivity index is 1.82. The van der Waals surface area contributed by atoms with Crippen molar-refractivity contribution in [1.82, 2.24) is 9.62 Å². The maximum Gasteiger partial charge on any atom is 0.255 e. The fraction of sp³-hybridized carbons (Fsp3) is 0.381. The van der Waals surface area contributed by atoms with Crippen LogP contribution in [0.4, 0.5) is 0 Å². The van der Waals surface area contributed by atoms with Crippen molar-refractivity contribution in [2.75, 3.05) is 33.4 Å². The number of halogens is 1. The first kappa shape index (κ1) is 22.7. The topological polar surface area (TPSA) is 84.9 Å². The summed E-state index contributed by atoms with van der Waals surface area (Å²) in [5.41, 5.74) is 2.55. The molecule has 2 aromatic carbocycles. The van der Waals surface area contributed by atoms with Crippen molar-refractivity contribution < 1.29 is 22.7 Å². The minimum Gasteiger partial charge on any atom is -0.494 e. The van der Waals surface area contributed by atoms with Gasteiger partial charge in [0.2, 0.25) is 10.0 Å². The lowest BCUT2D eigenvalue weighted by Gasteiger charge is -2.29. The zero-order valence-electron chi connectivity index (χ0n) is 17.0. The standard InChI is InChI=1S/C21H25BrN2O5S/c1-3-29-17-5-4-15-8-10-24(14-16(15)12-17)21(25)19-13-18(6-7-20(19)22)30(26,27)23-9-11-28-2/h4-7,12-13,23H,3,8-11,14H2,1-2H3. The predicted molar refractivity (Wildman–Crippen MR) is 117 cm³/mol. The summed E-state index contributed by atoms with van der Waals surface area (Å²) >= 11 is 3.39. The molecule has 0 fully saturated rings. The third kappa shape index (κ3) is 5.21. The van der Waals surface area contributed by atoms with Gasteiger partial charge in [0.1, 0.15) is 5.75 Å². The molecule has 1 aliphatic rings. The SMILES string of the molecule is CCOc1ccc2c(c1)CN(C(=O)c1cc(S(=O)(=O)NCCOC)ccc1Br)CC2. The van der Waals surface area contributed by atoms with E-state index < -0.39 is 10.0 Å². The zero-order valence-corrected chi connectivity index (χ0v) is 19.4. The fourth-order valence-electron chi connectivity index (χ4n) is 3.33. The number of sulfonamides is 1. The van der Waals surface area contributed by atoms with Crippen LogP contribution in [-0.4, -0.2) is 52.6 Å². The van der Waals surface area contributed by atoms with Crippen LogP contribution in [0.1, 0.15) is 28.4 Å². The maximum atomic E-state index is 13.2. The minimum atomic E-state index is -3.73. The van der Waals surface area contributed by atoms with E-state index in [1.807, 2.05) is 25.1 Å². The molecule has 0 saturated heterocycles. The number of benzene rings is 2. The number of rotatable bonds is 8. The van der Waals surface area contributed by atoms with E-state index in [9.17, 15) is 13.2 Å². The second kappa shape index (κ2) is 9.91. The molecule has 1 aliphatic heterocycles. The Bertz CT molecular complexity index is 1030. The summed E-state index contributed by atoms with van der Waals surface area (Å²) in [6, 6.07) is 10.4. The third-order valence-corrected chi connectivity index (χ3v) is 7.02. The van der Waals surface area contributed by atoms with Crippen LogP contribution < -0.4 is 9.46 Å². The summed E-state index contributed by atoms with van der Waals surface area (Å²) in [6.45, 7) is 3.94. The molecule has 0 spiro atoms. The lowest BCUT2D eigenvalue weighted by Crippen LogP contribution is -2.36. The van der Waals surface area contributed by atoms with Gasteiger partial charge in [-0.1, -0.05) is 6.07 Å². The summed E-state index contributed by atoms with van der Waals surface area (Å²) in [5, 5.41) is 0. The van der Waals surface area contributed by atoms with Gasteiger partial charge in [0.25, 0.3) is 5.91 Å². The first-order chi connectivity index (χ1) is 14.4. The molecule has 0 atom stereocenters. The average molecular weight is 497 g/mol. The van der Waals surface area contributed by atoms with E-state index in [1.54, 1.807) is 11.0 Å². The number of nitrogens with one attached hydrogen (secondary N) is 1. The summed E-state index contributed by atoms with van der Waals surface area (Å²) in [7, 11) is -2.24. The van der Waals surface area contributed by atoms with E-state index in [2.05, 4.69) is 20.7 Å². The van der Waals surface area contributed by atoms with Crippen LogP contribution in [0, 0.1) is 0 Å². The van der Waals surface area contributed by atoms with E-state index in [0.717, 1.165) is 17.7 Å². The van der Waals surface area contributed by atoms with Crippen LogP contribution in [-0.2, 0) is 27.7 Å². The number of nitrogens with zero attached hydrogens (tertiary/aromatic N) is 1. The summed E-state index contributed by atoms with van der Waals surface area (Å²) < 4.78 is 38.5. The van der Waals surface area contributed by atoms with Crippen LogP contribution >= 0.6 is 15.9 Å². The normalized spacial score (nSPS) is 13.8. The van der Waals surface area contributed by atoms with Gasteiger partial charge in [-0.05, 0) is 70.7 Å². The molecule has 0 aromatic heterocycles. The molecular formula is C21H25BrN2O5S. The zero-order chi connectivity index (χ0) is 21.7. The number of hydrogen-bond donors (Lipinski definition) is 1. The number of ether oxygens (including phenoxy) is 2. The van der Waals surface area contributed by atoms with Crippen molar-refractivity contribution in [3.63, 3.8) is 0 Å². The van der Waals surface area contributed by atoms with E-state index >= 15 is 0 Å². The molecule has 3 rings (SSSR count). The second-order valence-corrected chi connectivity index (χ2v) is 9.49.